The van der Waals surface area contributed by atoms with Gasteiger partial charge in [0.25, 0.3) is 0 Å². The van der Waals surface area contributed by atoms with Gasteiger partial charge in [-0.1, -0.05) is 38.1 Å². The van der Waals surface area contributed by atoms with Crippen molar-refractivity contribution in [1.82, 2.24) is 0 Å². The maximum atomic E-state index is 14.9. The van der Waals surface area contributed by atoms with Gasteiger partial charge in [0.05, 0.1) is 0 Å². The highest BCUT2D eigenvalue weighted by atomic mass is 19.1. The van der Waals surface area contributed by atoms with Crippen LogP contribution in [0.15, 0.2) is 60.7 Å². The van der Waals surface area contributed by atoms with Crippen LogP contribution < -0.4 is 10.6 Å². The molecule has 0 aliphatic heterocycles. The number of halogens is 1. The molecule has 2 nitrogen and oxygen atoms in total. The average molecular weight is 377 g/mol. The standard InChI is InChI=1S/C25H29FN2/c1-4-14-27-21-10-6-19(7-11-21)23-17-25(26)24(16-18(23)3)20-8-12-22(13-9-20)28-15-5-2/h6-13,16-17,27-28H,4-5,14-15H2,1-3H3. The minimum atomic E-state index is -0.192. The molecule has 0 bridgehead atoms. The van der Waals surface area contributed by atoms with E-state index in [9.17, 15) is 4.39 Å². The third-order valence-electron chi connectivity index (χ3n) is 4.86. The van der Waals surface area contributed by atoms with Crippen LogP contribution in [0.1, 0.15) is 32.3 Å². The van der Waals surface area contributed by atoms with Crippen molar-refractivity contribution >= 4 is 11.4 Å². The Labute approximate surface area is 167 Å². The first-order chi connectivity index (χ1) is 13.6. The first-order valence-corrected chi connectivity index (χ1v) is 10.1. The van der Waals surface area contributed by atoms with Crippen molar-refractivity contribution in [2.24, 2.45) is 0 Å². The van der Waals surface area contributed by atoms with Crippen LogP contribution in [0.5, 0.6) is 0 Å². The fourth-order valence-corrected chi connectivity index (χ4v) is 3.29. The molecule has 0 fully saturated rings. The summed E-state index contributed by atoms with van der Waals surface area (Å²) in [6.07, 6.45) is 2.16. The molecule has 0 atom stereocenters. The molecular formula is C25H29FN2. The molecule has 2 N–H and O–H groups in total. The molecule has 0 aromatic heterocycles. The van der Waals surface area contributed by atoms with Gasteiger partial charge < -0.3 is 10.6 Å². The number of rotatable bonds is 8. The Morgan fingerprint density at radius 3 is 1.61 bits per heavy atom. The molecule has 0 saturated heterocycles. The van der Waals surface area contributed by atoms with E-state index in [1.165, 1.54) is 0 Å². The Bertz CT molecular complexity index is 822. The number of anilines is 2. The molecule has 0 aliphatic rings. The van der Waals surface area contributed by atoms with Crippen molar-refractivity contribution in [3.63, 3.8) is 0 Å². The van der Waals surface area contributed by atoms with Crippen LogP contribution in [0.2, 0.25) is 0 Å². The molecule has 0 amide bonds. The Morgan fingerprint density at radius 2 is 1.14 bits per heavy atom. The predicted octanol–water partition coefficient (Wildman–Crippen LogP) is 7.11. The lowest BCUT2D eigenvalue weighted by molar-refractivity contribution is 0.631. The van der Waals surface area contributed by atoms with Gasteiger partial charge in [-0.3, -0.25) is 0 Å². The van der Waals surface area contributed by atoms with Gasteiger partial charge >= 0.3 is 0 Å². The van der Waals surface area contributed by atoms with Gasteiger partial charge in [0.2, 0.25) is 0 Å². The number of benzene rings is 3. The van der Waals surface area contributed by atoms with Crippen molar-refractivity contribution in [3.8, 4) is 22.3 Å². The summed E-state index contributed by atoms with van der Waals surface area (Å²) < 4.78 is 14.9. The van der Waals surface area contributed by atoms with E-state index in [-0.39, 0.29) is 5.82 Å². The quantitative estimate of drug-likeness (QED) is 0.437. The van der Waals surface area contributed by atoms with Crippen LogP contribution in [-0.2, 0) is 0 Å². The zero-order valence-corrected chi connectivity index (χ0v) is 17.0. The highest BCUT2D eigenvalue weighted by molar-refractivity contribution is 5.75. The maximum absolute atomic E-state index is 14.9. The summed E-state index contributed by atoms with van der Waals surface area (Å²) >= 11 is 0. The molecule has 3 rings (SSSR count). The monoisotopic (exact) mass is 376 g/mol. The van der Waals surface area contributed by atoms with Crippen LogP contribution in [-0.4, -0.2) is 13.1 Å². The Kier molecular flexibility index (Phi) is 6.70. The van der Waals surface area contributed by atoms with E-state index in [4.69, 9.17) is 0 Å². The molecule has 0 saturated carbocycles. The minimum absolute atomic E-state index is 0.192. The van der Waals surface area contributed by atoms with Crippen molar-refractivity contribution in [1.29, 1.82) is 0 Å². The van der Waals surface area contributed by atoms with Gasteiger partial charge in [0.1, 0.15) is 5.82 Å². The van der Waals surface area contributed by atoms with Gasteiger partial charge in [-0.25, -0.2) is 4.39 Å². The van der Waals surface area contributed by atoms with E-state index in [0.717, 1.165) is 59.6 Å². The van der Waals surface area contributed by atoms with Crippen LogP contribution in [0.3, 0.4) is 0 Å². The summed E-state index contributed by atoms with van der Waals surface area (Å²) in [4.78, 5) is 0. The van der Waals surface area contributed by atoms with E-state index in [1.807, 2.05) is 49.4 Å². The third kappa shape index (κ3) is 4.72. The summed E-state index contributed by atoms with van der Waals surface area (Å²) in [6.45, 7) is 8.21. The summed E-state index contributed by atoms with van der Waals surface area (Å²) in [7, 11) is 0. The van der Waals surface area contributed by atoms with Crippen molar-refractivity contribution < 1.29 is 4.39 Å². The number of hydrogen-bond donors (Lipinski definition) is 2. The molecular weight excluding hydrogens is 347 g/mol. The zero-order valence-electron chi connectivity index (χ0n) is 17.0. The van der Waals surface area contributed by atoms with Crippen LogP contribution in [0.4, 0.5) is 15.8 Å². The highest BCUT2D eigenvalue weighted by Gasteiger charge is 2.11. The first-order valence-electron chi connectivity index (χ1n) is 10.1. The maximum Gasteiger partial charge on any atom is 0.131 e. The molecule has 146 valence electrons. The van der Waals surface area contributed by atoms with E-state index >= 15 is 0 Å². The zero-order chi connectivity index (χ0) is 19.9. The molecule has 3 heteroatoms. The largest absolute Gasteiger partial charge is 0.385 e. The fourth-order valence-electron chi connectivity index (χ4n) is 3.29. The second-order valence-corrected chi connectivity index (χ2v) is 7.16. The molecule has 28 heavy (non-hydrogen) atoms. The second-order valence-electron chi connectivity index (χ2n) is 7.16. The van der Waals surface area contributed by atoms with Crippen LogP contribution >= 0.6 is 0 Å². The fraction of sp³-hybridized carbons (Fsp3) is 0.280. The van der Waals surface area contributed by atoms with Crippen molar-refractivity contribution in [2.75, 3.05) is 23.7 Å². The van der Waals surface area contributed by atoms with Crippen molar-refractivity contribution in [2.45, 2.75) is 33.6 Å². The molecule has 0 radical (unpaired) electrons. The summed E-state index contributed by atoms with van der Waals surface area (Å²) in [6, 6.07) is 19.8. The Balaban J connectivity index is 1.84. The van der Waals surface area contributed by atoms with E-state index in [2.05, 4.69) is 36.6 Å². The van der Waals surface area contributed by atoms with Gasteiger partial charge in [-0.05, 0) is 78.4 Å². The lowest BCUT2D eigenvalue weighted by Gasteiger charge is -2.13. The third-order valence-corrected chi connectivity index (χ3v) is 4.86. The van der Waals surface area contributed by atoms with E-state index in [0.29, 0.717) is 5.56 Å². The lowest BCUT2D eigenvalue weighted by Crippen LogP contribution is -1.99. The molecule has 3 aromatic carbocycles. The lowest BCUT2D eigenvalue weighted by atomic mass is 9.95. The SMILES string of the molecule is CCCNc1ccc(-c2cc(F)c(-c3ccc(NCCC)cc3)cc2C)cc1. The molecule has 3 aromatic rings. The predicted molar refractivity (Wildman–Crippen MR) is 120 cm³/mol. The summed E-state index contributed by atoms with van der Waals surface area (Å²) in [5.74, 6) is -0.192. The molecule has 0 aliphatic carbocycles. The normalized spacial score (nSPS) is 10.7. The summed E-state index contributed by atoms with van der Waals surface area (Å²) in [5.41, 5.74) is 6.73. The molecule has 0 unspecified atom stereocenters. The Morgan fingerprint density at radius 1 is 0.679 bits per heavy atom. The number of hydrogen-bond acceptors (Lipinski definition) is 2. The van der Waals surface area contributed by atoms with Gasteiger partial charge in [-0.15, -0.1) is 0 Å². The summed E-state index contributed by atoms with van der Waals surface area (Å²) in [5, 5.41) is 6.72. The van der Waals surface area contributed by atoms with E-state index in [1.54, 1.807) is 6.07 Å². The van der Waals surface area contributed by atoms with Crippen LogP contribution in [0.25, 0.3) is 22.3 Å². The minimum Gasteiger partial charge on any atom is -0.385 e. The molecule has 0 spiro atoms. The second kappa shape index (κ2) is 9.41. The highest BCUT2D eigenvalue weighted by Crippen LogP contribution is 2.32. The smallest absolute Gasteiger partial charge is 0.131 e. The number of aryl methyl sites for hydroxylation is 1. The first kappa shape index (κ1) is 19.9. The Hall–Kier alpha value is -2.81. The van der Waals surface area contributed by atoms with Gasteiger partial charge in [0.15, 0.2) is 0 Å². The average Bonchev–Trinajstić information content (AvgIpc) is 2.73. The molecule has 0 heterocycles. The van der Waals surface area contributed by atoms with Gasteiger partial charge in [-0.2, -0.15) is 0 Å². The van der Waals surface area contributed by atoms with E-state index < -0.39 is 0 Å². The topological polar surface area (TPSA) is 24.1 Å². The van der Waals surface area contributed by atoms with Crippen LogP contribution in [0, 0.1) is 12.7 Å². The van der Waals surface area contributed by atoms with Gasteiger partial charge in [0, 0.05) is 30.0 Å². The van der Waals surface area contributed by atoms with Crippen molar-refractivity contribution in [3.05, 3.63) is 72.0 Å². The number of nitrogens with one attached hydrogen (secondary N) is 2.